The molecule has 0 saturated heterocycles. The van der Waals surface area contributed by atoms with Crippen molar-refractivity contribution in [2.24, 2.45) is 0 Å². The molecule has 0 fully saturated rings. The number of benzene rings is 1. The number of pyridine rings is 1. The predicted octanol–water partition coefficient (Wildman–Crippen LogP) is 3.18. The van der Waals surface area contributed by atoms with Crippen LogP contribution in [0.15, 0.2) is 48.8 Å². The topological polar surface area (TPSA) is 63.7 Å². The molecule has 0 unspecified atom stereocenters. The number of hydrogen-bond donors (Lipinski definition) is 1. The largest absolute Gasteiger partial charge is 0.497 e. The van der Waals surface area contributed by atoms with Crippen LogP contribution in [0, 0.1) is 0 Å². The summed E-state index contributed by atoms with van der Waals surface area (Å²) in [6, 6.07) is 11.6. The van der Waals surface area contributed by atoms with Gasteiger partial charge in [0.15, 0.2) is 5.82 Å². The van der Waals surface area contributed by atoms with Gasteiger partial charge in [0.1, 0.15) is 16.8 Å². The van der Waals surface area contributed by atoms with Crippen LogP contribution in [0.4, 0.5) is 0 Å². The monoisotopic (exact) mass is 276 g/mol. The molecule has 3 aromatic heterocycles. The van der Waals surface area contributed by atoms with Gasteiger partial charge in [-0.3, -0.25) is 4.98 Å². The molecule has 0 aliphatic rings. The lowest BCUT2D eigenvalue weighted by molar-refractivity contribution is 0.415. The first-order chi connectivity index (χ1) is 10.3. The van der Waals surface area contributed by atoms with Crippen molar-refractivity contribution in [3.8, 4) is 17.1 Å². The lowest BCUT2D eigenvalue weighted by Gasteiger charge is -2.02. The molecule has 0 saturated carbocycles. The maximum Gasteiger partial charge on any atom is 0.159 e. The second kappa shape index (κ2) is 4.56. The highest BCUT2D eigenvalue weighted by molar-refractivity contribution is 6.02. The zero-order valence-electron chi connectivity index (χ0n) is 11.4. The van der Waals surface area contributed by atoms with Gasteiger partial charge in [0.25, 0.3) is 0 Å². The van der Waals surface area contributed by atoms with E-state index in [0.29, 0.717) is 5.82 Å². The van der Waals surface area contributed by atoms with Gasteiger partial charge in [0.05, 0.1) is 24.3 Å². The van der Waals surface area contributed by atoms with Crippen LogP contribution in [0.25, 0.3) is 33.5 Å². The summed E-state index contributed by atoms with van der Waals surface area (Å²) in [7, 11) is 1.65. The Morgan fingerprint density at radius 1 is 0.952 bits per heavy atom. The van der Waals surface area contributed by atoms with Crippen LogP contribution in [0.1, 0.15) is 0 Å². The number of fused-ring (bicyclic) bond motifs is 3. The van der Waals surface area contributed by atoms with E-state index >= 15 is 0 Å². The van der Waals surface area contributed by atoms with Gasteiger partial charge in [0, 0.05) is 11.8 Å². The van der Waals surface area contributed by atoms with Crippen LogP contribution in [-0.2, 0) is 0 Å². The number of H-pyrrole nitrogens is 1. The number of methoxy groups -OCH3 is 1. The van der Waals surface area contributed by atoms with Gasteiger partial charge in [0.2, 0.25) is 0 Å². The van der Waals surface area contributed by atoms with Crippen molar-refractivity contribution < 1.29 is 4.74 Å². The van der Waals surface area contributed by atoms with Gasteiger partial charge in [-0.2, -0.15) is 0 Å². The fraction of sp³-hybridized carbons (Fsp3) is 0.0625. The highest BCUT2D eigenvalue weighted by Crippen LogP contribution is 2.24. The van der Waals surface area contributed by atoms with Gasteiger partial charge in [-0.25, -0.2) is 9.97 Å². The van der Waals surface area contributed by atoms with E-state index in [0.717, 1.165) is 33.4 Å². The smallest absolute Gasteiger partial charge is 0.159 e. The standard InChI is InChI=1S/C16H12N4O/c1-21-11-6-4-10(5-7-11)16-18-9-13-15(20-16)14-12(19-13)3-2-8-17-14/h2-9,19H,1H3. The molecule has 4 aromatic rings. The molecule has 0 aliphatic heterocycles. The molecule has 0 amide bonds. The Kier molecular flexibility index (Phi) is 2.57. The van der Waals surface area contributed by atoms with E-state index in [2.05, 4.69) is 19.9 Å². The number of aromatic nitrogens is 4. The fourth-order valence-electron chi connectivity index (χ4n) is 2.37. The first kappa shape index (κ1) is 11.8. The van der Waals surface area contributed by atoms with Gasteiger partial charge >= 0.3 is 0 Å². The highest BCUT2D eigenvalue weighted by atomic mass is 16.5. The van der Waals surface area contributed by atoms with Crippen molar-refractivity contribution in [1.29, 1.82) is 0 Å². The SMILES string of the molecule is COc1ccc(-c2ncc3[nH]c4cccnc4c3n2)cc1. The van der Waals surface area contributed by atoms with E-state index in [1.54, 1.807) is 19.5 Å². The molecule has 0 radical (unpaired) electrons. The zero-order valence-corrected chi connectivity index (χ0v) is 11.4. The minimum absolute atomic E-state index is 0.678. The van der Waals surface area contributed by atoms with Gasteiger partial charge in [-0.1, -0.05) is 0 Å². The number of nitrogens with one attached hydrogen (secondary N) is 1. The Morgan fingerprint density at radius 2 is 1.81 bits per heavy atom. The van der Waals surface area contributed by atoms with Crippen molar-refractivity contribution in [2.45, 2.75) is 0 Å². The Morgan fingerprint density at radius 3 is 2.62 bits per heavy atom. The number of rotatable bonds is 2. The molecule has 0 atom stereocenters. The molecule has 1 N–H and O–H groups in total. The van der Waals surface area contributed by atoms with Crippen LogP contribution >= 0.6 is 0 Å². The molecular formula is C16H12N4O. The minimum Gasteiger partial charge on any atom is -0.497 e. The lowest BCUT2D eigenvalue weighted by atomic mass is 10.2. The molecule has 4 rings (SSSR count). The number of ether oxygens (including phenoxy) is 1. The molecule has 0 spiro atoms. The maximum absolute atomic E-state index is 5.16. The Hall–Kier alpha value is -2.95. The van der Waals surface area contributed by atoms with Crippen molar-refractivity contribution in [1.82, 2.24) is 19.9 Å². The maximum atomic E-state index is 5.16. The van der Waals surface area contributed by atoms with Gasteiger partial charge in [-0.05, 0) is 36.4 Å². The number of aromatic amines is 1. The fourth-order valence-corrected chi connectivity index (χ4v) is 2.37. The highest BCUT2D eigenvalue weighted by Gasteiger charge is 2.09. The number of nitrogens with zero attached hydrogens (tertiary/aromatic N) is 3. The van der Waals surface area contributed by atoms with Crippen molar-refractivity contribution in [2.75, 3.05) is 7.11 Å². The molecule has 5 nitrogen and oxygen atoms in total. The second-order valence-corrected chi connectivity index (χ2v) is 4.71. The zero-order chi connectivity index (χ0) is 14.2. The average molecular weight is 276 g/mol. The summed E-state index contributed by atoms with van der Waals surface area (Å²) in [5.41, 5.74) is 4.51. The molecule has 5 heteroatoms. The first-order valence-corrected chi connectivity index (χ1v) is 6.59. The summed E-state index contributed by atoms with van der Waals surface area (Å²) in [6.07, 6.45) is 3.56. The molecule has 3 heterocycles. The molecule has 21 heavy (non-hydrogen) atoms. The molecular weight excluding hydrogens is 264 g/mol. The summed E-state index contributed by atoms with van der Waals surface area (Å²) >= 11 is 0. The third kappa shape index (κ3) is 1.90. The van der Waals surface area contributed by atoms with Crippen LogP contribution in [0.5, 0.6) is 5.75 Å². The molecule has 0 aliphatic carbocycles. The van der Waals surface area contributed by atoms with Crippen LogP contribution in [0.3, 0.4) is 0 Å². The Balaban J connectivity index is 1.90. The van der Waals surface area contributed by atoms with E-state index in [9.17, 15) is 0 Å². The van der Waals surface area contributed by atoms with Crippen molar-refractivity contribution in [3.05, 3.63) is 48.8 Å². The quantitative estimate of drug-likeness (QED) is 0.610. The third-order valence-electron chi connectivity index (χ3n) is 3.44. The normalized spacial score (nSPS) is 11.1. The molecule has 1 aromatic carbocycles. The van der Waals surface area contributed by atoms with Crippen LogP contribution in [0.2, 0.25) is 0 Å². The Labute approximate surface area is 120 Å². The van der Waals surface area contributed by atoms with Crippen molar-refractivity contribution >= 4 is 22.1 Å². The van der Waals surface area contributed by atoms with E-state index in [1.165, 1.54) is 0 Å². The summed E-state index contributed by atoms with van der Waals surface area (Å²) < 4.78 is 5.16. The molecule has 102 valence electrons. The van der Waals surface area contributed by atoms with Crippen LogP contribution in [-0.4, -0.2) is 27.0 Å². The van der Waals surface area contributed by atoms with Crippen LogP contribution < -0.4 is 4.74 Å². The summed E-state index contributed by atoms with van der Waals surface area (Å²) in [6.45, 7) is 0. The van der Waals surface area contributed by atoms with Crippen molar-refractivity contribution in [3.63, 3.8) is 0 Å². The minimum atomic E-state index is 0.678. The first-order valence-electron chi connectivity index (χ1n) is 6.59. The van der Waals surface area contributed by atoms with Gasteiger partial charge in [-0.15, -0.1) is 0 Å². The second-order valence-electron chi connectivity index (χ2n) is 4.71. The summed E-state index contributed by atoms with van der Waals surface area (Å²) in [5.74, 6) is 1.49. The summed E-state index contributed by atoms with van der Waals surface area (Å²) in [4.78, 5) is 16.7. The van der Waals surface area contributed by atoms with E-state index < -0.39 is 0 Å². The van der Waals surface area contributed by atoms with E-state index in [-0.39, 0.29) is 0 Å². The molecule has 0 bridgehead atoms. The summed E-state index contributed by atoms with van der Waals surface area (Å²) in [5, 5.41) is 0. The van der Waals surface area contributed by atoms with Gasteiger partial charge < -0.3 is 9.72 Å². The lowest BCUT2D eigenvalue weighted by Crippen LogP contribution is -1.89. The average Bonchev–Trinajstić information content (AvgIpc) is 2.93. The Bertz CT molecular complexity index is 928. The predicted molar refractivity (Wildman–Crippen MR) is 81.2 cm³/mol. The third-order valence-corrected chi connectivity index (χ3v) is 3.44. The van der Waals surface area contributed by atoms with E-state index in [4.69, 9.17) is 4.74 Å². The number of hydrogen-bond acceptors (Lipinski definition) is 4. The van der Waals surface area contributed by atoms with E-state index in [1.807, 2.05) is 36.4 Å².